The third-order valence-corrected chi connectivity index (χ3v) is 4.66. The molecule has 7 heteroatoms. The average molecular weight is 318 g/mol. The van der Waals surface area contributed by atoms with E-state index in [1.54, 1.807) is 7.11 Å². The molecule has 0 saturated heterocycles. The predicted octanol–water partition coefficient (Wildman–Crippen LogP) is 1.63. The molecule has 0 bridgehead atoms. The lowest BCUT2D eigenvalue weighted by atomic mass is 9.90. The minimum absolute atomic E-state index is 0.155. The van der Waals surface area contributed by atoms with E-state index in [0.717, 1.165) is 6.07 Å². The summed E-state index contributed by atoms with van der Waals surface area (Å²) in [6.07, 6.45) is 0.692. The first-order valence-electron chi connectivity index (χ1n) is 6.69. The molecule has 0 saturated carbocycles. The summed E-state index contributed by atoms with van der Waals surface area (Å²) >= 11 is 0. The number of nitrogens with one attached hydrogen (secondary N) is 1. The molecular weight excluding hydrogens is 295 g/mol. The normalized spacial score (nSPS) is 12.6. The number of rotatable bonds is 8. The Morgan fingerprint density at radius 2 is 2.05 bits per heavy atom. The molecule has 0 aliphatic carbocycles. The Balaban J connectivity index is 2.87. The third-order valence-electron chi connectivity index (χ3n) is 3.24. The van der Waals surface area contributed by atoms with Crippen LogP contribution in [0.5, 0.6) is 0 Å². The largest absolute Gasteiger partial charge is 0.385 e. The summed E-state index contributed by atoms with van der Waals surface area (Å²) in [7, 11) is -2.31. The van der Waals surface area contributed by atoms with Crippen molar-refractivity contribution in [3.63, 3.8) is 0 Å². The molecule has 5 nitrogen and oxygen atoms in total. The molecule has 0 aliphatic rings. The maximum absolute atomic E-state index is 13.7. The molecule has 0 heterocycles. The predicted molar refractivity (Wildman–Crippen MR) is 79.8 cm³/mol. The van der Waals surface area contributed by atoms with Gasteiger partial charge < -0.3 is 10.5 Å². The quantitative estimate of drug-likeness (QED) is 0.763. The third kappa shape index (κ3) is 5.35. The minimum Gasteiger partial charge on any atom is -0.385 e. The smallest absolute Gasteiger partial charge is 0.243 e. The Labute approximate surface area is 125 Å². The molecule has 1 aromatic rings. The molecular formula is C14H23FN2O3S. The SMILES string of the molecule is COCCC(C)(C)CNS(=O)(=O)c1cc(CN)ccc1F. The zero-order valence-electron chi connectivity index (χ0n) is 12.6. The van der Waals surface area contributed by atoms with E-state index in [-0.39, 0.29) is 23.4 Å². The fraction of sp³-hybridized carbons (Fsp3) is 0.571. The van der Waals surface area contributed by atoms with E-state index in [2.05, 4.69) is 4.72 Å². The van der Waals surface area contributed by atoms with Gasteiger partial charge in [0.05, 0.1) is 0 Å². The van der Waals surface area contributed by atoms with E-state index in [4.69, 9.17) is 10.5 Å². The molecule has 0 spiro atoms. The number of hydrogen-bond acceptors (Lipinski definition) is 4. The lowest BCUT2D eigenvalue weighted by Gasteiger charge is -2.24. The van der Waals surface area contributed by atoms with Gasteiger partial charge in [0.2, 0.25) is 10.0 Å². The summed E-state index contributed by atoms with van der Waals surface area (Å²) in [5.41, 5.74) is 5.74. The highest BCUT2D eigenvalue weighted by molar-refractivity contribution is 7.89. The van der Waals surface area contributed by atoms with Crippen molar-refractivity contribution in [1.82, 2.24) is 4.72 Å². The summed E-state index contributed by atoms with van der Waals surface area (Å²) < 4.78 is 45.6. The van der Waals surface area contributed by atoms with Gasteiger partial charge >= 0.3 is 0 Å². The molecule has 120 valence electrons. The molecule has 0 aliphatic heterocycles. The average Bonchev–Trinajstić information content (AvgIpc) is 2.44. The number of sulfonamides is 1. The Hall–Kier alpha value is -1.02. The van der Waals surface area contributed by atoms with Gasteiger partial charge in [-0.3, -0.25) is 0 Å². The molecule has 0 unspecified atom stereocenters. The second-order valence-electron chi connectivity index (χ2n) is 5.70. The summed E-state index contributed by atoms with van der Waals surface area (Å²) in [6, 6.07) is 3.85. The summed E-state index contributed by atoms with van der Waals surface area (Å²) in [5.74, 6) is -0.783. The van der Waals surface area contributed by atoms with Crippen molar-refractivity contribution < 1.29 is 17.5 Å². The first-order chi connectivity index (χ1) is 9.72. The maximum Gasteiger partial charge on any atom is 0.243 e. The van der Waals surface area contributed by atoms with E-state index in [0.29, 0.717) is 18.6 Å². The molecule has 21 heavy (non-hydrogen) atoms. The van der Waals surface area contributed by atoms with Crippen molar-refractivity contribution in [3.8, 4) is 0 Å². The number of halogens is 1. The highest BCUT2D eigenvalue weighted by Crippen LogP contribution is 2.21. The standard InChI is InChI=1S/C14H23FN2O3S/c1-14(2,6-7-20-3)10-17-21(18,19)13-8-11(9-16)4-5-12(13)15/h4-5,8,17H,6-7,9-10,16H2,1-3H3. The number of nitrogens with two attached hydrogens (primary N) is 1. The second kappa shape index (κ2) is 7.31. The fourth-order valence-electron chi connectivity index (χ4n) is 1.72. The Bertz CT molecular complexity index is 574. The minimum atomic E-state index is -3.90. The van der Waals surface area contributed by atoms with E-state index in [9.17, 15) is 12.8 Å². The number of benzene rings is 1. The van der Waals surface area contributed by atoms with Crippen LogP contribution in [0.25, 0.3) is 0 Å². The molecule has 0 atom stereocenters. The first-order valence-corrected chi connectivity index (χ1v) is 8.17. The van der Waals surface area contributed by atoms with Crippen LogP contribution in [0.4, 0.5) is 4.39 Å². The zero-order valence-corrected chi connectivity index (χ0v) is 13.5. The van der Waals surface area contributed by atoms with E-state index in [1.807, 2.05) is 13.8 Å². The molecule has 0 fully saturated rings. The Kier molecular flexibility index (Phi) is 6.27. The van der Waals surface area contributed by atoms with Crippen molar-refractivity contribution in [2.45, 2.75) is 31.7 Å². The summed E-state index contributed by atoms with van der Waals surface area (Å²) in [6.45, 7) is 4.72. The lowest BCUT2D eigenvalue weighted by Crippen LogP contribution is -2.35. The fourth-order valence-corrected chi connectivity index (χ4v) is 3.08. The van der Waals surface area contributed by atoms with Gasteiger partial charge in [0.15, 0.2) is 0 Å². The van der Waals surface area contributed by atoms with E-state index >= 15 is 0 Å². The molecule has 1 rings (SSSR count). The molecule has 3 N–H and O–H groups in total. The molecule has 0 aromatic heterocycles. The summed E-state index contributed by atoms with van der Waals surface area (Å²) in [4.78, 5) is -0.368. The van der Waals surface area contributed by atoms with Gasteiger partial charge in [-0.1, -0.05) is 19.9 Å². The Morgan fingerprint density at radius 3 is 2.62 bits per heavy atom. The lowest BCUT2D eigenvalue weighted by molar-refractivity contribution is 0.153. The van der Waals surface area contributed by atoms with Gasteiger partial charge in [0.1, 0.15) is 10.7 Å². The van der Waals surface area contributed by atoms with Crippen molar-refractivity contribution in [3.05, 3.63) is 29.6 Å². The molecule has 0 radical (unpaired) electrons. The van der Waals surface area contributed by atoms with Crippen molar-refractivity contribution in [1.29, 1.82) is 0 Å². The van der Waals surface area contributed by atoms with Crippen molar-refractivity contribution in [2.75, 3.05) is 20.3 Å². The van der Waals surface area contributed by atoms with Crippen molar-refractivity contribution in [2.24, 2.45) is 11.1 Å². The molecule has 1 aromatic carbocycles. The van der Waals surface area contributed by atoms with E-state index < -0.39 is 15.8 Å². The highest BCUT2D eigenvalue weighted by atomic mass is 32.2. The number of ether oxygens (including phenoxy) is 1. The van der Waals surface area contributed by atoms with Crippen LogP contribution in [0.1, 0.15) is 25.8 Å². The summed E-state index contributed by atoms with van der Waals surface area (Å²) in [5, 5.41) is 0. The van der Waals surface area contributed by atoms with Gasteiger partial charge in [-0.15, -0.1) is 0 Å². The van der Waals surface area contributed by atoms with Crippen LogP contribution in [-0.2, 0) is 21.3 Å². The number of hydrogen-bond donors (Lipinski definition) is 2. The zero-order chi connectivity index (χ0) is 16.1. The van der Waals surface area contributed by atoms with Crippen LogP contribution in [-0.4, -0.2) is 28.7 Å². The van der Waals surface area contributed by atoms with Gasteiger partial charge in [-0.2, -0.15) is 0 Å². The topological polar surface area (TPSA) is 81.4 Å². The van der Waals surface area contributed by atoms with Crippen LogP contribution in [0, 0.1) is 11.2 Å². The first kappa shape index (κ1) is 18.0. The van der Waals surface area contributed by atoms with Gasteiger partial charge in [-0.05, 0) is 29.5 Å². The van der Waals surface area contributed by atoms with Crippen molar-refractivity contribution >= 4 is 10.0 Å². The Morgan fingerprint density at radius 1 is 1.38 bits per heavy atom. The van der Waals surface area contributed by atoms with Crippen LogP contribution >= 0.6 is 0 Å². The van der Waals surface area contributed by atoms with Crippen LogP contribution in [0.3, 0.4) is 0 Å². The van der Waals surface area contributed by atoms with Crippen LogP contribution in [0.2, 0.25) is 0 Å². The molecule has 0 amide bonds. The monoisotopic (exact) mass is 318 g/mol. The van der Waals surface area contributed by atoms with Gasteiger partial charge in [0.25, 0.3) is 0 Å². The van der Waals surface area contributed by atoms with E-state index in [1.165, 1.54) is 12.1 Å². The maximum atomic E-state index is 13.7. The number of methoxy groups -OCH3 is 1. The van der Waals surface area contributed by atoms with Gasteiger partial charge in [-0.25, -0.2) is 17.5 Å². The van der Waals surface area contributed by atoms with Crippen LogP contribution in [0.15, 0.2) is 23.1 Å². The van der Waals surface area contributed by atoms with Crippen LogP contribution < -0.4 is 10.5 Å². The second-order valence-corrected chi connectivity index (χ2v) is 7.44. The van der Waals surface area contributed by atoms with Gasteiger partial charge in [0, 0.05) is 26.8 Å². The highest BCUT2D eigenvalue weighted by Gasteiger charge is 2.24.